The maximum Gasteiger partial charge on any atom is 0.197 e. The number of halogens is 2. The molecule has 4 rings (SSSR count). The van der Waals surface area contributed by atoms with Gasteiger partial charge in [0.05, 0.1) is 33.7 Å². The SMILES string of the molecule is CCCCC#Cc1cc(CN2CCC(c3ccc4nc(N[N+](C)(O)S)cnc4c3)CC2)cc(Cl)c1OCCCl. The van der Waals surface area contributed by atoms with Gasteiger partial charge in [0.1, 0.15) is 26.5 Å². The normalized spacial score (nSPS) is 15.9. The Morgan fingerprint density at radius 3 is 2.74 bits per heavy atom. The van der Waals surface area contributed by atoms with E-state index in [-0.39, 0.29) is 0 Å². The van der Waals surface area contributed by atoms with Gasteiger partial charge in [-0.1, -0.05) is 42.9 Å². The van der Waals surface area contributed by atoms with Gasteiger partial charge < -0.3 is 4.74 Å². The van der Waals surface area contributed by atoms with Gasteiger partial charge in [-0.3, -0.25) is 9.88 Å². The predicted molar refractivity (Wildman–Crippen MR) is 161 cm³/mol. The van der Waals surface area contributed by atoms with Crippen molar-refractivity contribution in [1.82, 2.24) is 14.9 Å². The van der Waals surface area contributed by atoms with Crippen LogP contribution in [0.5, 0.6) is 5.75 Å². The highest BCUT2D eigenvalue weighted by atomic mass is 35.5. The lowest BCUT2D eigenvalue weighted by Crippen LogP contribution is -2.36. The summed E-state index contributed by atoms with van der Waals surface area (Å²) in [6.07, 6.45) is 6.78. The van der Waals surface area contributed by atoms with Gasteiger partial charge in [0.15, 0.2) is 11.6 Å². The second kappa shape index (κ2) is 13.9. The first-order valence-electron chi connectivity index (χ1n) is 13.3. The van der Waals surface area contributed by atoms with E-state index in [4.69, 9.17) is 27.9 Å². The van der Waals surface area contributed by atoms with Gasteiger partial charge in [-0.25, -0.2) is 4.98 Å². The van der Waals surface area contributed by atoms with Crippen LogP contribution in [0.2, 0.25) is 5.02 Å². The number of thiol groups is 1. The summed E-state index contributed by atoms with van der Waals surface area (Å²) in [7, 11) is 1.48. The molecule has 0 saturated carbocycles. The number of ether oxygens (including phenoxy) is 1. The number of unbranched alkanes of at least 4 members (excludes halogenated alkanes) is 2. The van der Waals surface area contributed by atoms with E-state index in [2.05, 4.69) is 70.1 Å². The number of rotatable bonds is 10. The predicted octanol–water partition coefficient (Wildman–Crippen LogP) is 6.83. The number of hydrogen-bond acceptors (Lipinski definition) is 7. The number of quaternary nitrogens is 1. The highest BCUT2D eigenvalue weighted by Gasteiger charge is 2.22. The number of nitrogens with zero attached hydrogens (tertiary/aromatic N) is 4. The Bertz CT molecular complexity index is 1330. The number of benzene rings is 2. The van der Waals surface area contributed by atoms with Gasteiger partial charge in [0, 0.05) is 13.0 Å². The van der Waals surface area contributed by atoms with Crippen LogP contribution in [0.3, 0.4) is 0 Å². The van der Waals surface area contributed by atoms with Gasteiger partial charge in [-0.05, 0) is 77.8 Å². The average Bonchev–Trinajstić information content (AvgIpc) is 2.90. The van der Waals surface area contributed by atoms with Crippen molar-refractivity contribution in [3.05, 3.63) is 58.2 Å². The van der Waals surface area contributed by atoms with E-state index in [1.165, 1.54) is 12.6 Å². The number of anilines is 1. The van der Waals surface area contributed by atoms with Crippen molar-refractivity contribution < 1.29 is 14.1 Å². The number of hydrogen-bond donors (Lipinski definition) is 3. The molecule has 1 aromatic heterocycles. The van der Waals surface area contributed by atoms with Crippen LogP contribution in [0, 0.1) is 11.8 Å². The monoisotopic (exact) mass is 588 g/mol. The number of nitrogens with one attached hydrogen (secondary N) is 1. The van der Waals surface area contributed by atoms with Gasteiger partial charge in [0.2, 0.25) is 0 Å². The van der Waals surface area contributed by atoms with Crippen molar-refractivity contribution in [3.63, 3.8) is 0 Å². The number of alkyl halides is 1. The lowest BCUT2D eigenvalue weighted by molar-refractivity contribution is -0.955. The number of piperidine rings is 1. The molecule has 7 nitrogen and oxygen atoms in total. The van der Waals surface area contributed by atoms with Gasteiger partial charge in [0.25, 0.3) is 0 Å². The molecule has 2 N–H and O–H groups in total. The zero-order chi connectivity index (χ0) is 27.8. The summed E-state index contributed by atoms with van der Waals surface area (Å²) in [4.78, 5) is 11.5. The molecule has 0 spiro atoms. The largest absolute Gasteiger partial charge is 0.489 e. The number of likely N-dealkylation sites (tertiary alicyclic amines) is 1. The zero-order valence-electron chi connectivity index (χ0n) is 22.5. The standard InChI is InChI=1S/C29H36Cl2N5O2S/c1-3-4-5-6-7-24-16-21(17-25(31)29(24)38-15-12-30)20-35-13-10-22(11-14-35)23-8-9-26-27(18-23)32-19-28(33-26)34-36(2,37)39/h8-9,16-19,22,37,39H,3-5,10-15,20H2,1-2H3,(H,33,34)/q+1. The Hall–Kier alpha value is -2.25. The molecule has 0 aliphatic carbocycles. The first-order valence-corrected chi connectivity index (χ1v) is 14.7. The number of fused-ring (bicyclic) bond motifs is 1. The average molecular weight is 590 g/mol. The third kappa shape index (κ3) is 8.62. The smallest absolute Gasteiger partial charge is 0.197 e. The molecule has 1 aliphatic rings. The Kier molecular flexibility index (Phi) is 10.6. The lowest BCUT2D eigenvalue weighted by atomic mass is 9.89. The third-order valence-electron chi connectivity index (χ3n) is 6.66. The molecule has 1 unspecified atom stereocenters. The Balaban J connectivity index is 1.41. The van der Waals surface area contributed by atoms with Crippen molar-refractivity contribution in [2.45, 2.75) is 51.5 Å². The minimum Gasteiger partial charge on any atom is -0.489 e. The molecule has 1 atom stereocenters. The fourth-order valence-corrected chi connectivity index (χ4v) is 5.26. The van der Waals surface area contributed by atoms with E-state index in [0.717, 1.165) is 73.9 Å². The summed E-state index contributed by atoms with van der Waals surface area (Å²) in [6, 6.07) is 10.4. The maximum atomic E-state index is 9.79. The van der Waals surface area contributed by atoms with Crippen molar-refractivity contribution >= 4 is 52.9 Å². The molecule has 0 radical (unpaired) electrons. The molecule has 3 aromatic rings. The first kappa shape index (κ1) is 29.7. The summed E-state index contributed by atoms with van der Waals surface area (Å²) in [5, 5.41) is 10.4. The van der Waals surface area contributed by atoms with Crippen molar-refractivity contribution in [2.75, 3.05) is 38.0 Å². The molecule has 2 heterocycles. The van der Waals surface area contributed by atoms with Crippen molar-refractivity contribution in [1.29, 1.82) is 0 Å². The summed E-state index contributed by atoms with van der Waals surface area (Å²) in [6.45, 7) is 5.36. The Labute approximate surface area is 246 Å². The number of hydroxylamine groups is 1. The lowest BCUT2D eigenvalue weighted by Gasteiger charge is -2.32. The van der Waals surface area contributed by atoms with E-state index in [9.17, 15) is 5.21 Å². The molecule has 1 fully saturated rings. The molecule has 2 aromatic carbocycles. The molecule has 1 saturated heterocycles. The molecular weight excluding hydrogens is 553 g/mol. The first-order chi connectivity index (χ1) is 18.8. The topological polar surface area (TPSA) is 70.5 Å². The Morgan fingerprint density at radius 2 is 2.03 bits per heavy atom. The van der Waals surface area contributed by atoms with Crippen molar-refractivity contribution in [3.8, 4) is 17.6 Å². The third-order valence-corrected chi connectivity index (χ3v) is 7.20. The van der Waals surface area contributed by atoms with Gasteiger partial charge in [-0.15, -0.1) is 11.6 Å². The molecular formula is C29H36Cl2N5O2S+. The van der Waals surface area contributed by atoms with Crippen LogP contribution in [0.15, 0.2) is 36.5 Å². The molecule has 39 heavy (non-hydrogen) atoms. The maximum absolute atomic E-state index is 9.79. The van der Waals surface area contributed by atoms with E-state index in [1.807, 2.05) is 12.1 Å². The van der Waals surface area contributed by atoms with E-state index in [1.54, 1.807) is 6.20 Å². The van der Waals surface area contributed by atoms with E-state index in [0.29, 0.717) is 35.0 Å². The van der Waals surface area contributed by atoms with Crippen LogP contribution < -0.4 is 10.2 Å². The second-order valence-electron chi connectivity index (χ2n) is 9.98. The fourth-order valence-electron chi connectivity index (χ4n) is 4.78. The quantitative estimate of drug-likeness (QED) is 0.0602. The molecule has 1 aliphatic heterocycles. The van der Waals surface area contributed by atoms with Crippen LogP contribution >= 0.6 is 36.0 Å². The summed E-state index contributed by atoms with van der Waals surface area (Å²) in [5.41, 5.74) is 7.62. The summed E-state index contributed by atoms with van der Waals surface area (Å²) < 4.78 is 5.11. The number of aromatic nitrogens is 2. The van der Waals surface area contributed by atoms with Gasteiger partial charge in [-0.2, -0.15) is 10.6 Å². The van der Waals surface area contributed by atoms with Crippen molar-refractivity contribution in [2.24, 2.45) is 0 Å². The second-order valence-corrected chi connectivity index (χ2v) is 11.5. The minimum absolute atomic E-state index is 0.396. The minimum atomic E-state index is -0.720. The van der Waals surface area contributed by atoms with Crippen LogP contribution in [0.1, 0.15) is 61.6 Å². The highest BCUT2D eigenvalue weighted by Crippen LogP contribution is 2.33. The fraction of sp³-hybridized carbons (Fsp3) is 0.448. The van der Waals surface area contributed by atoms with E-state index >= 15 is 0 Å². The molecule has 0 bridgehead atoms. The highest BCUT2D eigenvalue weighted by molar-refractivity contribution is 7.74. The van der Waals surface area contributed by atoms with Crippen LogP contribution in [-0.4, -0.2) is 56.9 Å². The van der Waals surface area contributed by atoms with Crippen LogP contribution in [0.4, 0.5) is 5.82 Å². The van der Waals surface area contributed by atoms with Gasteiger partial charge >= 0.3 is 0 Å². The Morgan fingerprint density at radius 1 is 1.23 bits per heavy atom. The van der Waals surface area contributed by atoms with E-state index < -0.39 is 4.16 Å². The van der Waals surface area contributed by atoms with Crippen LogP contribution in [0.25, 0.3) is 11.0 Å². The molecule has 208 valence electrons. The molecule has 0 amide bonds. The molecule has 10 heteroatoms. The van der Waals surface area contributed by atoms with Crippen LogP contribution in [-0.2, 0) is 6.54 Å². The zero-order valence-corrected chi connectivity index (χ0v) is 24.9. The summed E-state index contributed by atoms with van der Waals surface area (Å²) >= 11 is 16.5. The summed E-state index contributed by atoms with van der Waals surface area (Å²) in [5.74, 6) is 8.49.